The van der Waals surface area contributed by atoms with Gasteiger partial charge >= 0.3 is 12.1 Å². The minimum absolute atomic E-state index is 0.185. The molecule has 336 valence electrons. The van der Waals surface area contributed by atoms with Crippen molar-refractivity contribution >= 4 is 38.8 Å². The summed E-state index contributed by atoms with van der Waals surface area (Å²) < 4.78 is 22.5. The van der Waals surface area contributed by atoms with E-state index in [1.54, 1.807) is 63.2 Å². The molecule has 12 heteroatoms. The largest absolute Gasteiger partial charge is 0.543 e. The van der Waals surface area contributed by atoms with Gasteiger partial charge in [-0.3, -0.25) is 4.90 Å². The van der Waals surface area contributed by atoms with Crippen LogP contribution < -0.4 is 9.16 Å². The molecule has 0 bridgehead atoms. The number of fused-ring (bicyclic) bond motifs is 1. The van der Waals surface area contributed by atoms with E-state index < -0.39 is 39.4 Å². The number of halogens is 1. The lowest BCUT2D eigenvalue weighted by atomic mass is 9.92. The molecule has 1 aliphatic heterocycles. The molecule has 0 aromatic heterocycles. The van der Waals surface area contributed by atoms with E-state index in [0.29, 0.717) is 41.7 Å². The first-order valence-electron chi connectivity index (χ1n) is 20.8. The Morgan fingerprint density at radius 1 is 0.738 bits per heavy atom. The lowest BCUT2D eigenvalue weighted by Crippen LogP contribution is -2.46. The fourth-order valence-corrected chi connectivity index (χ4v) is 6.17. The fourth-order valence-electron chi connectivity index (χ4n) is 5.14. The number of aromatic hydroxyl groups is 2. The molecule has 1 amide bonds. The number of phenolic OH excluding ortho intramolecular Hbond substituents is 2. The highest BCUT2D eigenvalue weighted by atomic mass is 35.6. The third-order valence-electron chi connectivity index (χ3n) is 10.7. The number of amides is 1. The van der Waals surface area contributed by atoms with Crippen LogP contribution in [0.1, 0.15) is 96.2 Å². The molecule has 61 heavy (non-hydrogen) atoms. The van der Waals surface area contributed by atoms with Crippen LogP contribution in [0.15, 0.2) is 91.0 Å². The zero-order valence-electron chi connectivity index (χ0n) is 39.5. The van der Waals surface area contributed by atoms with Crippen molar-refractivity contribution in [2.24, 2.45) is 0 Å². The van der Waals surface area contributed by atoms with E-state index in [2.05, 4.69) is 92.9 Å². The van der Waals surface area contributed by atoms with Crippen LogP contribution in [0, 0.1) is 13.8 Å². The van der Waals surface area contributed by atoms with Crippen molar-refractivity contribution < 1.29 is 38.4 Å². The van der Waals surface area contributed by atoms with Crippen LogP contribution in [0.4, 0.5) is 4.79 Å². The van der Waals surface area contributed by atoms with Gasteiger partial charge in [0, 0.05) is 6.54 Å². The van der Waals surface area contributed by atoms with E-state index in [9.17, 15) is 14.7 Å². The van der Waals surface area contributed by atoms with E-state index in [1.807, 2.05) is 37.3 Å². The Kier molecular flexibility index (Phi) is 19.1. The number of rotatable bonds is 6. The van der Waals surface area contributed by atoms with E-state index in [4.69, 9.17) is 34.8 Å². The number of benzene rings is 4. The summed E-state index contributed by atoms with van der Waals surface area (Å²) >= 11 is 6.15. The summed E-state index contributed by atoms with van der Waals surface area (Å²) in [7, 11) is -1.75. The predicted octanol–water partition coefficient (Wildman–Crippen LogP) is 13.3. The standard InChI is InChI=1S/C23H27NO6.C13H22OSi.C7H8O.C6H15ClSi/c1-23(2,3)30-22(27)24-11-10-16-13-18(8-9-19(16)20(24)21(26)28-4)29-14-15-6-5-7-17(25)12-15;1-11-8-7-9-12(10-11)14-15(5,6)13(2,3)4;1-6-3-2-4-7(8)5-6;1-6(2,3)8(4,5)7/h5-9,12-13,20,25H,10-11,14H2,1-4H3;7-10H,1-6H3;2-5,8H,1H3;1-5H3/t20-;;;/m1.../s1. The van der Waals surface area contributed by atoms with Crippen molar-refractivity contribution in [1.29, 1.82) is 0 Å². The third kappa shape index (κ3) is 17.8. The summed E-state index contributed by atoms with van der Waals surface area (Å²) in [5.41, 5.74) is 4.14. The number of hydrogen-bond donors (Lipinski definition) is 2. The van der Waals surface area contributed by atoms with Gasteiger partial charge in [-0.05, 0) is 141 Å². The van der Waals surface area contributed by atoms with Gasteiger partial charge in [-0.15, -0.1) is 0 Å². The second-order valence-electron chi connectivity index (χ2n) is 19.4. The van der Waals surface area contributed by atoms with Gasteiger partial charge in [0.05, 0.1) is 7.11 Å². The Morgan fingerprint density at radius 3 is 1.74 bits per heavy atom. The van der Waals surface area contributed by atoms with E-state index in [0.717, 1.165) is 22.4 Å². The van der Waals surface area contributed by atoms with Crippen LogP contribution in [-0.4, -0.2) is 62.1 Å². The summed E-state index contributed by atoms with van der Waals surface area (Å²) in [6.07, 6.45) is 0.0125. The van der Waals surface area contributed by atoms with Crippen molar-refractivity contribution in [3.05, 3.63) is 119 Å². The monoisotopic (exact) mass is 893 g/mol. The van der Waals surface area contributed by atoms with Crippen molar-refractivity contribution in [2.75, 3.05) is 13.7 Å². The first-order valence-corrected chi connectivity index (χ1v) is 27.7. The summed E-state index contributed by atoms with van der Waals surface area (Å²) in [6, 6.07) is 26.9. The zero-order chi connectivity index (χ0) is 46.6. The van der Waals surface area contributed by atoms with Crippen molar-refractivity contribution in [2.45, 2.75) is 137 Å². The highest BCUT2D eigenvalue weighted by molar-refractivity contribution is 7.20. The van der Waals surface area contributed by atoms with Crippen LogP contribution in [0.2, 0.25) is 36.3 Å². The summed E-state index contributed by atoms with van der Waals surface area (Å²) in [6.45, 7) is 32.3. The van der Waals surface area contributed by atoms with Gasteiger partial charge in [0.2, 0.25) is 8.32 Å². The van der Waals surface area contributed by atoms with E-state index >= 15 is 0 Å². The predicted molar refractivity (Wildman–Crippen MR) is 255 cm³/mol. The Morgan fingerprint density at radius 2 is 1.28 bits per heavy atom. The molecule has 0 aliphatic carbocycles. The van der Waals surface area contributed by atoms with Crippen LogP contribution in [-0.2, 0) is 27.3 Å². The van der Waals surface area contributed by atoms with Crippen LogP contribution in [0.5, 0.6) is 23.0 Å². The van der Waals surface area contributed by atoms with Gasteiger partial charge in [0.1, 0.15) is 35.2 Å². The van der Waals surface area contributed by atoms with Crippen LogP contribution >= 0.6 is 11.1 Å². The number of ether oxygens (including phenoxy) is 3. The first-order chi connectivity index (χ1) is 27.9. The van der Waals surface area contributed by atoms with Gasteiger partial charge in [-0.1, -0.05) is 97.1 Å². The number of hydrogen-bond acceptors (Lipinski definition) is 8. The Bertz CT molecular complexity index is 2000. The molecule has 1 aliphatic rings. The minimum atomic E-state index is -1.67. The maximum atomic E-state index is 12.7. The highest BCUT2D eigenvalue weighted by Gasteiger charge is 2.40. The lowest BCUT2D eigenvalue weighted by Gasteiger charge is -2.36. The number of nitrogens with zero attached hydrogens (tertiary/aromatic N) is 1. The first kappa shape index (κ1) is 52.7. The summed E-state index contributed by atoms with van der Waals surface area (Å²) in [5.74, 6) is 1.66. The number of esters is 1. The van der Waals surface area contributed by atoms with E-state index in [-0.39, 0.29) is 10.8 Å². The molecule has 4 aromatic rings. The molecule has 4 aromatic carbocycles. The van der Waals surface area contributed by atoms with Crippen LogP contribution in [0.3, 0.4) is 0 Å². The molecular weight excluding hydrogens is 822 g/mol. The molecule has 0 saturated carbocycles. The molecule has 5 rings (SSSR count). The molecule has 0 radical (unpaired) electrons. The van der Waals surface area contributed by atoms with Crippen LogP contribution in [0.25, 0.3) is 0 Å². The Balaban J connectivity index is 0.000000339. The van der Waals surface area contributed by atoms with Gasteiger partial charge < -0.3 is 28.8 Å². The van der Waals surface area contributed by atoms with Crippen molar-refractivity contribution in [1.82, 2.24) is 4.90 Å². The third-order valence-corrected chi connectivity index (χ3v) is 20.3. The molecule has 9 nitrogen and oxygen atoms in total. The quantitative estimate of drug-likeness (QED) is 0.112. The van der Waals surface area contributed by atoms with Crippen molar-refractivity contribution in [3.8, 4) is 23.0 Å². The minimum Gasteiger partial charge on any atom is -0.543 e. The smallest absolute Gasteiger partial charge is 0.411 e. The SMILES string of the molecule is CC(C)(C)[Si](C)(C)Cl.COC(=O)[C@H]1c2ccc(OCc3cccc(O)c3)cc2CCN1C(=O)OC(C)(C)C.Cc1cccc(O)c1.Cc1cccc(O[Si](C)(C)C(C)(C)C)c1. The Hall–Kier alpha value is -4.46. The van der Waals surface area contributed by atoms with Crippen molar-refractivity contribution in [3.63, 3.8) is 0 Å². The molecule has 2 N–H and O–H groups in total. The normalized spacial score (nSPS) is 14.0. The van der Waals surface area contributed by atoms with Gasteiger partial charge in [0.15, 0.2) is 13.4 Å². The topological polar surface area (TPSA) is 115 Å². The molecule has 0 spiro atoms. The molecule has 0 unspecified atom stereocenters. The zero-order valence-corrected chi connectivity index (χ0v) is 42.3. The molecule has 0 saturated heterocycles. The number of phenols is 2. The maximum Gasteiger partial charge on any atom is 0.411 e. The van der Waals surface area contributed by atoms with Gasteiger partial charge in [-0.2, -0.15) is 11.1 Å². The van der Waals surface area contributed by atoms with E-state index in [1.165, 1.54) is 17.6 Å². The molecule has 1 heterocycles. The maximum absolute atomic E-state index is 12.7. The number of carbonyl (C=O) groups excluding carboxylic acids is 2. The fraction of sp³-hybridized carbons (Fsp3) is 0.469. The molecular formula is C49H72ClNO8Si2. The summed E-state index contributed by atoms with van der Waals surface area (Å²) in [5, 5.41) is 19.0. The van der Waals surface area contributed by atoms with Gasteiger partial charge in [0.25, 0.3) is 0 Å². The average Bonchev–Trinajstić information content (AvgIpc) is 3.11. The highest BCUT2D eigenvalue weighted by Crippen LogP contribution is 2.39. The summed E-state index contributed by atoms with van der Waals surface area (Å²) in [4.78, 5) is 26.6. The second kappa shape index (κ2) is 22.1. The molecule has 0 fully saturated rings. The molecule has 1 atom stereocenters. The lowest BCUT2D eigenvalue weighted by molar-refractivity contribution is -0.147. The average molecular weight is 895 g/mol. The number of aryl methyl sites for hydroxylation is 2. The number of carbonyl (C=O) groups is 2. The second-order valence-corrected chi connectivity index (χ2v) is 31.4. The van der Waals surface area contributed by atoms with Gasteiger partial charge in [-0.25, -0.2) is 9.59 Å². The Labute approximate surface area is 373 Å². The number of methoxy groups -OCH3 is 1.